The van der Waals surface area contributed by atoms with Gasteiger partial charge >= 0.3 is 0 Å². The second-order valence-electron chi connectivity index (χ2n) is 4.97. The van der Waals surface area contributed by atoms with Crippen molar-refractivity contribution in [3.05, 3.63) is 34.6 Å². The Kier molecular flexibility index (Phi) is 4.14. The molecule has 4 nitrogen and oxygen atoms in total. The molecule has 0 atom stereocenters. The third-order valence-corrected chi connectivity index (χ3v) is 5.65. The van der Waals surface area contributed by atoms with Gasteiger partial charge in [-0.2, -0.15) is 11.8 Å². The Labute approximate surface area is 130 Å². The van der Waals surface area contributed by atoms with Gasteiger partial charge < -0.3 is 9.73 Å². The minimum atomic E-state index is 0.450. The van der Waals surface area contributed by atoms with Gasteiger partial charge in [-0.25, -0.2) is 0 Å². The largest absolute Gasteiger partial charge is 0.419 e. The summed E-state index contributed by atoms with van der Waals surface area (Å²) in [6, 6.07) is 7.84. The quantitative estimate of drug-likeness (QED) is 0.861. The van der Waals surface area contributed by atoms with Gasteiger partial charge in [-0.1, -0.05) is 12.1 Å². The summed E-state index contributed by atoms with van der Waals surface area (Å²) in [4.78, 5) is 0. The van der Waals surface area contributed by atoms with Gasteiger partial charge in [0.25, 0.3) is 0 Å². The zero-order valence-corrected chi connectivity index (χ0v) is 13.6. The maximum Gasteiger partial charge on any atom is 0.248 e. The van der Waals surface area contributed by atoms with E-state index in [2.05, 4.69) is 37.7 Å². The second-order valence-corrected chi connectivity index (χ2v) is 7.10. The number of thioether (sulfide) groups is 1. The fourth-order valence-corrected chi connectivity index (χ4v) is 3.27. The van der Waals surface area contributed by atoms with Crippen LogP contribution in [0.3, 0.4) is 0 Å². The van der Waals surface area contributed by atoms with Crippen molar-refractivity contribution in [3.63, 3.8) is 0 Å². The van der Waals surface area contributed by atoms with Crippen LogP contribution in [0.4, 0.5) is 0 Å². The molecule has 0 bridgehead atoms. The van der Waals surface area contributed by atoms with Crippen LogP contribution in [0.15, 0.2) is 33.2 Å². The smallest absolute Gasteiger partial charge is 0.248 e. The molecule has 1 aliphatic carbocycles. The van der Waals surface area contributed by atoms with Gasteiger partial charge in [0.05, 0.1) is 12.1 Å². The van der Waals surface area contributed by atoms with Crippen molar-refractivity contribution in [2.75, 3.05) is 12.8 Å². The van der Waals surface area contributed by atoms with E-state index in [1.807, 2.05) is 36.0 Å². The number of rotatable bonds is 6. The van der Waals surface area contributed by atoms with Gasteiger partial charge in [0.15, 0.2) is 0 Å². The van der Waals surface area contributed by atoms with Crippen LogP contribution < -0.4 is 5.32 Å². The molecule has 20 heavy (non-hydrogen) atoms. The van der Waals surface area contributed by atoms with Crippen LogP contribution in [0.25, 0.3) is 11.5 Å². The Bertz CT molecular complexity index is 598. The molecule has 1 N–H and O–H groups in total. The zero-order chi connectivity index (χ0) is 14.0. The molecule has 3 rings (SSSR count). The van der Waals surface area contributed by atoms with Crippen LogP contribution in [0.1, 0.15) is 18.7 Å². The first kappa shape index (κ1) is 14.1. The van der Waals surface area contributed by atoms with Gasteiger partial charge in [0.2, 0.25) is 11.8 Å². The molecule has 0 spiro atoms. The number of aromatic nitrogens is 2. The molecule has 0 unspecified atom stereocenters. The summed E-state index contributed by atoms with van der Waals surface area (Å²) in [5.74, 6) is 1.19. The molecule has 2 aromatic rings. The topological polar surface area (TPSA) is 51.0 Å². The molecular formula is C14H16BrN3OS. The Hall–Kier alpha value is -0.850. The summed E-state index contributed by atoms with van der Waals surface area (Å²) in [7, 11) is 0. The molecule has 0 amide bonds. The normalized spacial score (nSPS) is 16.3. The number of nitrogens with one attached hydrogen (secondary N) is 1. The molecule has 1 saturated carbocycles. The van der Waals surface area contributed by atoms with Crippen molar-refractivity contribution in [3.8, 4) is 11.5 Å². The van der Waals surface area contributed by atoms with E-state index in [4.69, 9.17) is 4.42 Å². The minimum Gasteiger partial charge on any atom is -0.419 e. The summed E-state index contributed by atoms with van der Waals surface area (Å²) >= 11 is 5.43. The monoisotopic (exact) mass is 353 g/mol. The maximum absolute atomic E-state index is 5.70. The molecule has 106 valence electrons. The van der Waals surface area contributed by atoms with Crippen molar-refractivity contribution in [2.24, 2.45) is 0 Å². The number of hydrogen-bond donors (Lipinski definition) is 1. The molecule has 0 radical (unpaired) electrons. The molecule has 0 aliphatic heterocycles. The van der Waals surface area contributed by atoms with E-state index in [9.17, 15) is 0 Å². The summed E-state index contributed by atoms with van der Waals surface area (Å²) < 4.78 is 7.11. The highest BCUT2D eigenvalue weighted by molar-refractivity contribution is 9.10. The Morgan fingerprint density at radius 3 is 2.85 bits per heavy atom. The Morgan fingerprint density at radius 1 is 1.35 bits per heavy atom. The first-order chi connectivity index (χ1) is 9.72. The summed E-state index contributed by atoms with van der Waals surface area (Å²) in [6.07, 6.45) is 4.77. The van der Waals surface area contributed by atoms with Gasteiger partial charge in [-0.15, -0.1) is 10.2 Å². The number of benzene rings is 1. The zero-order valence-electron chi connectivity index (χ0n) is 11.2. The predicted molar refractivity (Wildman–Crippen MR) is 84.6 cm³/mol. The van der Waals surface area contributed by atoms with Gasteiger partial charge in [0, 0.05) is 15.8 Å². The Morgan fingerprint density at radius 2 is 2.15 bits per heavy atom. The summed E-state index contributed by atoms with van der Waals surface area (Å²) in [5.41, 5.74) is 0.925. The maximum atomic E-state index is 5.70. The van der Waals surface area contributed by atoms with Crippen LogP contribution in [-0.2, 0) is 6.54 Å². The molecule has 1 fully saturated rings. The Balaban J connectivity index is 1.61. The minimum absolute atomic E-state index is 0.450. The van der Waals surface area contributed by atoms with Crippen molar-refractivity contribution in [1.82, 2.24) is 15.5 Å². The molecule has 1 heterocycles. The second kappa shape index (κ2) is 5.87. The van der Waals surface area contributed by atoms with Crippen LogP contribution in [0.5, 0.6) is 0 Å². The van der Waals surface area contributed by atoms with Gasteiger partial charge in [-0.05, 0) is 47.2 Å². The molecule has 0 saturated heterocycles. The molecular weight excluding hydrogens is 338 g/mol. The van der Waals surface area contributed by atoms with E-state index >= 15 is 0 Å². The number of hydrogen-bond acceptors (Lipinski definition) is 5. The lowest BCUT2D eigenvalue weighted by molar-refractivity contribution is 0.476. The lowest BCUT2D eigenvalue weighted by atomic mass is 10.2. The van der Waals surface area contributed by atoms with Gasteiger partial charge in [-0.3, -0.25) is 0 Å². The van der Waals surface area contributed by atoms with Gasteiger partial charge in [0.1, 0.15) is 0 Å². The fraction of sp³-hybridized carbons (Fsp3) is 0.429. The third kappa shape index (κ3) is 3.07. The standard InChI is InChI=1S/C14H16BrN3OS/c1-20-14(6-7-14)9-16-8-12-17-18-13(19-12)10-4-2-3-5-11(10)15/h2-5,16H,6-9H2,1H3. The lowest BCUT2D eigenvalue weighted by Crippen LogP contribution is -2.25. The van der Waals surface area contributed by atoms with E-state index in [1.54, 1.807) is 0 Å². The highest BCUT2D eigenvalue weighted by Crippen LogP contribution is 2.46. The van der Waals surface area contributed by atoms with Crippen molar-refractivity contribution >= 4 is 27.7 Å². The highest BCUT2D eigenvalue weighted by atomic mass is 79.9. The first-order valence-corrected chi connectivity index (χ1v) is 8.57. The van der Waals surface area contributed by atoms with E-state index in [1.165, 1.54) is 12.8 Å². The van der Waals surface area contributed by atoms with Crippen LogP contribution in [-0.4, -0.2) is 27.7 Å². The van der Waals surface area contributed by atoms with E-state index in [0.717, 1.165) is 16.6 Å². The molecule has 6 heteroatoms. The lowest BCUT2D eigenvalue weighted by Gasteiger charge is -2.11. The summed E-state index contributed by atoms with van der Waals surface area (Å²) in [6.45, 7) is 1.63. The van der Waals surface area contributed by atoms with E-state index in [-0.39, 0.29) is 0 Å². The molecule has 1 aromatic heterocycles. The molecule has 1 aliphatic rings. The van der Waals surface area contributed by atoms with Crippen LogP contribution in [0, 0.1) is 0 Å². The van der Waals surface area contributed by atoms with Crippen LogP contribution in [0.2, 0.25) is 0 Å². The van der Waals surface area contributed by atoms with E-state index in [0.29, 0.717) is 23.1 Å². The van der Waals surface area contributed by atoms with Crippen molar-refractivity contribution < 1.29 is 4.42 Å². The van der Waals surface area contributed by atoms with E-state index < -0.39 is 0 Å². The fourth-order valence-electron chi connectivity index (χ4n) is 2.06. The third-order valence-electron chi connectivity index (χ3n) is 3.54. The van der Waals surface area contributed by atoms with Crippen molar-refractivity contribution in [1.29, 1.82) is 0 Å². The summed E-state index contributed by atoms with van der Waals surface area (Å²) in [5, 5.41) is 11.6. The average Bonchev–Trinajstić information content (AvgIpc) is 3.09. The SMILES string of the molecule is CSC1(CNCc2nnc(-c3ccccc3Br)o2)CC1. The first-order valence-electron chi connectivity index (χ1n) is 6.56. The molecule has 1 aromatic carbocycles. The number of halogens is 1. The van der Waals surface area contributed by atoms with Crippen LogP contribution >= 0.6 is 27.7 Å². The van der Waals surface area contributed by atoms with Crippen molar-refractivity contribution in [2.45, 2.75) is 24.1 Å². The number of nitrogens with zero attached hydrogens (tertiary/aromatic N) is 2. The average molecular weight is 354 g/mol. The predicted octanol–water partition coefficient (Wildman–Crippen LogP) is 3.48. The highest BCUT2D eigenvalue weighted by Gasteiger charge is 2.41.